The molecule has 0 saturated carbocycles. The van der Waals surface area contributed by atoms with Crippen LogP contribution in [0.3, 0.4) is 0 Å². The first-order valence-electron chi connectivity index (χ1n) is 10.7. The van der Waals surface area contributed by atoms with Gasteiger partial charge in [0, 0.05) is 0 Å². The molecule has 5 rings (SSSR count). The van der Waals surface area contributed by atoms with Crippen LogP contribution in [0.1, 0.15) is 45.6 Å². The molecule has 0 saturated heterocycles. The van der Waals surface area contributed by atoms with E-state index in [0.29, 0.717) is 3.63 Å². The van der Waals surface area contributed by atoms with Crippen molar-refractivity contribution in [1.82, 2.24) is 0 Å². The molecular weight excluding hydrogens is 467 g/mol. The number of aryl methyl sites for hydroxylation is 1. The quantitative estimate of drug-likeness (QED) is 0.404. The van der Waals surface area contributed by atoms with Gasteiger partial charge in [-0.1, -0.05) is 0 Å². The molecule has 0 fully saturated rings. The minimum absolute atomic E-state index is 0. The number of hydrogen-bond donors (Lipinski definition) is 0. The maximum absolute atomic E-state index is 3.11. The van der Waals surface area contributed by atoms with Crippen LogP contribution in [0.25, 0.3) is 17.2 Å². The van der Waals surface area contributed by atoms with Gasteiger partial charge in [-0.15, -0.1) is 12.4 Å². The molecule has 0 bridgehead atoms. The van der Waals surface area contributed by atoms with Crippen LogP contribution in [0, 0.1) is 0 Å². The van der Waals surface area contributed by atoms with Crippen molar-refractivity contribution in [2.24, 2.45) is 0 Å². The summed E-state index contributed by atoms with van der Waals surface area (Å²) in [5, 5.41) is 0. The van der Waals surface area contributed by atoms with E-state index in [-0.39, 0.29) is 12.4 Å². The van der Waals surface area contributed by atoms with Gasteiger partial charge in [0.15, 0.2) is 0 Å². The second kappa shape index (κ2) is 7.33. The Morgan fingerprint density at radius 3 is 2.52 bits per heavy atom. The molecule has 150 valence electrons. The summed E-state index contributed by atoms with van der Waals surface area (Å²) in [6.45, 7) is 4.81. The Morgan fingerprint density at radius 1 is 1.07 bits per heavy atom. The maximum atomic E-state index is 2.69. The Kier molecular flexibility index (Phi) is 5.38. The smallest absolute Gasteiger partial charge is 0.147 e. The first-order valence-corrected chi connectivity index (χ1v) is 24.2. The molecule has 0 aromatic heterocycles. The summed E-state index contributed by atoms with van der Waals surface area (Å²) >= 11 is -3.11. The molecule has 2 aromatic rings. The molecule has 1 atom stereocenters. The Morgan fingerprint density at radius 2 is 1.83 bits per heavy atom. The molecule has 0 radical (unpaired) electrons. The third-order valence-corrected chi connectivity index (χ3v) is 25.1. The first kappa shape index (κ1) is 21.3. The number of fused-ring (bicyclic) bond motifs is 2. The average molecular weight is 498 g/mol. The third kappa shape index (κ3) is 3.27. The molecule has 0 nitrogen and oxygen atoms in total. The summed E-state index contributed by atoms with van der Waals surface area (Å²) in [6.07, 6.45) is 14.6. The summed E-state index contributed by atoms with van der Waals surface area (Å²) in [7, 11) is 0. The third-order valence-electron chi connectivity index (χ3n) is 7.42. The topological polar surface area (TPSA) is 0 Å². The summed E-state index contributed by atoms with van der Waals surface area (Å²) in [5.41, 5.74) is 11.0. The second-order valence-electron chi connectivity index (χ2n) is 10.1. The van der Waals surface area contributed by atoms with Gasteiger partial charge in [-0.2, -0.15) is 0 Å². The van der Waals surface area contributed by atoms with Gasteiger partial charge in [0.05, 0.1) is 0 Å². The molecular formula is C26H31ClSiZr. The normalized spacial score (nSPS) is 20.1. The van der Waals surface area contributed by atoms with Crippen molar-refractivity contribution in [2.75, 3.05) is 0 Å². The Labute approximate surface area is 184 Å². The van der Waals surface area contributed by atoms with Crippen molar-refractivity contribution in [1.29, 1.82) is 0 Å². The molecule has 0 amide bonds. The fourth-order valence-corrected chi connectivity index (χ4v) is 22.2. The molecule has 0 heterocycles. The van der Waals surface area contributed by atoms with Crippen LogP contribution in [0.5, 0.6) is 0 Å². The van der Waals surface area contributed by atoms with Crippen LogP contribution in [0.15, 0.2) is 63.5 Å². The van der Waals surface area contributed by atoms with Gasteiger partial charge in [0.25, 0.3) is 0 Å². The Hall–Kier alpha value is -0.950. The molecule has 2 aromatic carbocycles. The van der Waals surface area contributed by atoms with E-state index in [1.165, 1.54) is 36.8 Å². The van der Waals surface area contributed by atoms with E-state index in [2.05, 4.69) is 83.8 Å². The summed E-state index contributed by atoms with van der Waals surface area (Å²) in [6, 6.07) is 13.8. The zero-order chi connectivity index (χ0) is 19.5. The number of halogens is 1. The maximum Gasteiger partial charge on any atom is -0.147 e. The summed E-state index contributed by atoms with van der Waals surface area (Å²) < 4.78 is 7.79. The van der Waals surface area contributed by atoms with Crippen LogP contribution in [0.4, 0.5) is 0 Å². The molecule has 3 aliphatic rings. The van der Waals surface area contributed by atoms with Crippen LogP contribution in [-0.4, -0.2) is 6.88 Å². The molecule has 0 spiro atoms. The molecule has 3 heteroatoms. The minimum atomic E-state index is -3.11. The van der Waals surface area contributed by atoms with Gasteiger partial charge in [-0.05, 0) is 0 Å². The molecule has 0 N–H and O–H groups in total. The van der Waals surface area contributed by atoms with E-state index in [0.717, 1.165) is 0 Å². The van der Waals surface area contributed by atoms with Gasteiger partial charge in [-0.3, -0.25) is 0 Å². The van der Waals surface area contributed by atoms with Crippen molar-refractivity contribution in [3.8, 4) is 11.1 Å². The van der Waals surface area contributed by atoms with Crippen molar-refractivity contribution in [3.05, 3.63) is 85.7 Å². The second-order valence-corrected chi connectivity index (χ2v) is 39.8. The van der Waals surface area contributed by atoms with Crippen LogP contribution in [0.2, 0.25) is 9.26 Å². The number of benzene rings is 2. The van der Waals surface area contributed by atoms with E-state index >= 15 is 0 Å². The number of rotatable bonds is 3. The minimum Gasteiger partial charge on any atom is -0.147 e. The average Bonchev–Trinajstić information content (AvgIpc) is 3.39. The van der Waals surface area contributed by atoms with E-state index in [4.69, 9.17) is 0 Å². The zero-order valence-electron chi connectivity index (χ0n) is 17.8. The van der Waals surface area contributed by atoms with Crippen LogP contribution < -0.4 is 0 Å². The van der Waals surface area contributed by atoms with Crippen molar-refractivity contribution < 1.29 is 17.4 Å². The Balaban J connectivity index is 0.00000205. The fourth-order valence-electron chi connectivity index (χ4n) is 6.14. The standard InChI is InChI=1S/C19H17.C5H5.2CH3.ClH.H2Si.Zr/c1-13-10-16-12-15-8-5-9-17(15)19(18(16)11-13)14-6-3-2-4-7-14;1-2-4-5-3-1;;;;;/h2-4,6-7,10-12H,5,8-9H2,1H3;1-3H,4H2;2*1H3;1H;1H2;. The van der Waals surface area contributed by atoms with Crippen molar-refractivity contribution in [2.45, 2.75) is 45.5 Å². The van der Waals surface area contributed by atoms with E-state index < -0.39 is 17.4 Å². The van der Waals surface area contributed by atoms with E-state index in [1.807, 2.05) is 0 Å². The number of allylic oxidation sites excluding steroid dienone is 5. The molecule has 3 aliphatic carbocycles. The summed E-state index contributed by atoms with van der Waals surface area (Å²) in [4.78, 5) is 0. The van der Waals surface area contributed by atoms with Crippen molar-refractivity contribution in [3.63, 3.8) is 0 Å². The van der Waals surface area contributed by atoms with Gasteiger partial charge < -0.3 is 0 Å². The predicted octanol–water partition coefficient (Wildman–Crippen LogP) is 6.90. The van der Waals surface area contributed by atoms with Gasteiger partial charge in [0.2, 0.25) is 0 Å². The summed E-state index contributed by atoms with van der Waals surface area (Å²) in [5.74, 6) is 0. The molecule has 1 unspecified atom stereocenters. The zero-order valence-corrected chi connectivity index (χ0v) is 22.5. The predicted molar refractivity (Wildman–Crippen MR) is 130 cm³/mol. The monoisotopic (exact) mass is 496 g/mol. The Bertz CT molecular complexity index is 1140. The van der Waals surface area contributed by atoms with Gasteiger partial charge >= 0.3 is 173 Å². The van der Waals surface area contributed by atoms with Crippen molar-refractivity contribution >= 4 is 25.4 Å². The molecule has 29 heavy (non-hydrogen) atoms. The first-order chi connectivity index (χ1) is 13.4. The SMILES string of the molecule is CC1=Cc2c(cc3c(c2-c2ccccc2)CCC3)[CH]1[Zr]([CH3])([CH3])(=[SiH2])[C]1=CC=CC1.Cl. The van der Waals surface area contributed by atoms with E-state index in [9.17, 15) is 0 Å². The number of hydrogen-bond acceptors (Lipinski definition) is 0. The van der Waals surface area contributed by atoms with Gasteiger partial charge in [-0.25, -0.2) is 0 Å². The largest absolute Gasteiger partial charge is 0.147 e. The fraction of sp³-hybridized carbons (Fsp3) is 0.308. The van der Waals surface area contributed by atoms with E-state index in [1.54, 1.807) is 31.1 Å². The van der Waals surface area contributed by atoms with Crippen LogP contribution in [-0.2, 0) is 30.2 Å². The van der Waals surface area contributed by atoms with Gasteiger partial charge in [0.1, 0.15) is 0 Å². The van der Waals surface area contributed by atoms with Crippen LogP contribution >= 0.6 is 12.4 Å². The molecule has 0 aliphatic heterocycles.